The van der Waals surface area contributed by atoms with Gasteiger partial charge in [-0.15, -0.1) is 0 Å². The molecule has 1 aliphatic heterocycles. The second-order valence-electron chi connectivity index (χ2n) is 6.29. The Morgan fingerprint density at radius 1 is 1.04 bits per heavy atom. The van der Waals surface area contributed by atoms with Crippen molar-refractivity contribution in [2.24, 2.45) is 0 Å². The number of ether oxygens (including phenoxy) is 1. The first-order valence-corrected chi connectivity index (χ1v) is 8.81. The summed E-state index contributed by atoms with van der Waals surface area (Å²) in [5.41, 5.74) is 1.09. The van der Waals surface area contributed by atoms with Gasteiger partial charge in [-0.05, 0) is 24.3 Å². The first-order valence-electron chi connectivity index (χ1n) is 8.81. The monoisotopic (exact) mass is 371 g/mol. The fraction of sp³-hybridized carbons (Fsp3) is 0.300. The molecule has 27 heavy (non-hydrogen) atoms. The second-order valence-corrected chi connectivity index (χ2v) is 6.29. The summed E-state index contributed by atoms with van der Waals surface area (Å²) in [4.78, 5) is 27.3. The fourth-order valence-corrected chi connectivity index (χ4v) is 3.02. The van der Waals surface area contributed by atoms with Gasteiger partial charge in [0.1, 0.15) is 11.6 Å². The number of amides is 2. The quantitative estimate of drug-likeness (QED) is 0.877. The van der Waals surface area contributed by atoms with E-state index < -0.39 is 0 Å². The first kappa shape index (κ1) is 18.7. The molecule has 2 aromatic carbocycles. The lowest BCUT2D eigenvalue weighted by atomic mass is 10.2. The molecule has 0 saturated carbocycles. The van der Waals surface area contributed by atoms with E-state index in [1.54, 1.807) is 47.4 Å². The van der Waals surface area contributed by atoms with E-state index >= 15 is 0 Å². The van der Waals surface area contributed by atoms with Crippen molar-refractivity contribution >= 4 is 23.2 Å². The summed E-state index contributed by atoms with van der Waals surface area (Å²) in [5, 5.41) is 2.67. The van der Waals surface area contributed by atoms with Crippen molar-refractivity contribution in [2.75, 3.05) is 43.0 Å². The molecule has 1 N–H and O–H groups in total. The van der Waals surface area contributed by atoms with Gasteiger partial charge in [0, 0.05) is 33.1 Å². The summed E-state index contributed by atoms with van der Waals surface area (Å²) in [6.45, 7) is 3.44. The van der Waals surface area contributed by atoms with Crippen molar-refractivity contribution in [1.29, 1.82) is 0 Å². The smallest absolute Gasteiger partial charge is 0.260 e. The Morgan fingerprint density at radius 3 is 2.41 bits per heavy atom. The molecule has 142 valence electrons. The van der Waals surface area contributed by atoms with Crippen LogP contribution in [0.1, 0.15) is 6.92 Å². The van der Waals surface area contributed by atoms with Crippen molar-refractivity contribution in [2.45, 2.75) is 6.92 Å². The lowest BCUT2D eigenvalue weighted by Crippen LogP contribution is -2.50. The highest BCUT2D eigenvalue weighted by molar-refractivity contribution is 5.90. The summed E-state index contributed by atoms with van der Waals surface area (Å²) in [6, 6.07) is 13.6. The van der Waals surface area contributed by atoms with E-state index in [1.807, 2.05) is 4.90 Å². The molecule has 7 heteroatoms. The zero-order valence-corrected chi connectivity index (χ0v) is 15.2. The van der Waals surface area contributed by atoms with Crippen LogP contribution in [0.4, 0.5) is 15.8 Å². The maximum absolute atomic E-state index is 13.9. The van der Waals surface area contributed by atoms with E-state index in [2.05, 4.69) is 5.32 Å². The Morgan fingerprint density at radius 2 is 1.70 bits per heavy atom. The van der Waals surface area contributed by atoms with Crippen molar-refractivity contribution in [3.63, 3.8) is 0 Å². The van der Waals surface area contributed by atoms with Gasteiger partial charge in [0.05, 0.1) is 11.4 Å². The molecular formula is C20H22FN3O3. The van der Waals surface area contributed by atoms with E-state index in [4.69, 9.17) is 4.74 Å². The van der Waals surface area contributed by atoms with E-state index in [0.29, 0.717) is 43.3 Å². The average Bonchev–Trinajstić information content (AvgIpc) is 2.67. The fourth-order valence-electron chi connectivity index (χ4n) is 3.02. The number of halogens is 1. The normalized spacial score (nSPS) is 14.0. The summed E-state index contributed by atoms with van der Waals surface area (Å²) in [5.74, 6) is -0.149. The molecule has 1 fully saturated rings. The lowest BCUT2D eigenvalue weighted by Gasteiger charge is -2.36. The maximum atomic E-state index is 13.9. The third-order valence-electron chi connectivity index (χ3n) is 4.37. The number of hydrogen-bond donors (Lipinski definition) is 1. The van der Waals surface area contributed by atoms with Gasteiger partial charge < -0.3 is 19.9 Å². The third kappa shape index (κ3) is 4.75. The number of nitrogens with zero attached hydrogens (tertiary/aromatic N) is 2. The van der Waals surface area contributed by atoms with Crippen LogP contribution in [0.15, 0.2) is 48.5 Å². The van der Waals surface area contributed by atoms with Crippen LogP contribution in [0.3, 0.4) is 0 Å². The molecule has 1 aliphatic rings. The topological polar surface area (TPSA) is 61.9 Å². The highest BCUT2D eigenvalue weighted by atomic mass is 19.1. The molecular weight excluding hydrogens is 349 g/mol. The molecule has 0 aromatic heterocycles. The number of carbonyl (C=O) groups excluding carboxylic acids is 2. The Labute approximate surface area is 157 Å². The van der Waals surface area contributed by atoms with E-state index in [0.717, 1.165) is 0 Å². The number of carbonyl (C=O) groups is 2. The highest BCUT2D eigenvalue weighted by Gasteiger charge is 2.23. The number of rotatable bonds is 5. The van der Waals surface area contributed by atoms with E-state index in [-0.39, 0.29) is 24.2 Å². The van der Waals surface area contributed by atoms with Gasteiger partial charge in [0.2, 0.25) is 5.91 Å². The Hall–Kier alpha value is -3.09. The van der Waals surface area contributed by atoms with Crippen LogP contribution in [0.2, 0.25) is 0 Å². The molecule has 0 radical (unpaired) electrons. The molecule has 2 amide bonds. The van der Waals surface area contributed by atoms with E-state index in [9.17, 15) is 14.0 Å². The van der Waals surface area contributed by atoms with Gasteiger partial charge in [0.15, 0.2) is 6.61 Å². The minimum Gasteiger partial charge on any atom is -0.482 e. The van der Waals surface area contributed by atoms with Gasteiger partial charge in [-0.3, -0.25) is 9.59 Å². The molecule has 3 rings (SSSR count). The van der Waals surface area contributed by atoms with Crippen molar-refractivity contribution < 1.29 is 18.7 Å². The van der Waals surface area contributed by atoms with Crippen LogP contribution in [0.25, 0.3) is 0 Å². The molecule has 0 spiro atoms. The van der Waals surface area contributed by atoms with Crippen LogP contribution in [0, 0.1) is 5.82 Å². The van der Waals surface area contributed by atoms with Crippen LogP contribution in [-0.4, -0.2) is 49.5 Å². The Balaban J connectivity index is 1.53. The van der Waals surface area contributed by atoms with Gasteiger partial charge >= 0.3 is 0 Å². The van der Waals surface area contributed by atoms with Gasteiger partial charge in [-0.2, -0.15) is 0 Å². The lowest BCUT2D eigenvalue weighted by molar-refractivity contribution is -0.133. The first-order chi connectivity index (χ1) is 13.0. The molecule has 0 aliphatic carbocycles. The minimum absolute atomic E-state index is 0.115. The standard InChI is InChI=1S/C20H22FN3O3/c1-15(25)22-17-7-3-5-9-19(17)27-14-20(26)24-12-10-23(11-13-24)18-8-4-2-6-16(18)21/h2-9H,10-14H2,1H3,(H,22,25). The second kappa shape index (κ2) is 8.53. The molecule has 0 unspecified atom stereocenters. The Bertz CT molecular complexity index is 820. The van der Waals surface area contributed by atoms with Crippen molar-refractivity contribution in [1.82, 2.24) is 4.90 Å². The summed E-state index contributed by atoms with van der Waals surface area (Å²) < 4.78 is 19.5. The molecule has 0 bridgehead atoms. The average molecular weight is 371 g/mol. The van der Waals surface area contributed by atoms with Crippen LogP contribution < -0.4 is 15.0 Å². The molecule has 1 saturated heterocycles. The predicted molar refractivity (Wildman–Crippen MR) is 101 cm³/mol. The SMILES string of the molecule is CC(=O)Nc1ccccc1OCC(=O)N1CCN(c2ccccc2F)CC1. The van der Waals surface area contributed by atoms with E-state index in [1.165, 1.54) is 13.0 Å². The summed E-state index contributed by atoms with van der Waals surface area (Å²) in [7, 11) is 0. The number of para-hydroxylation sites is 3. The van der Waals surface area contributed by atoms with Crippen molar-refractivity contribution in [3.05, 3.63) is 54.3 Å². The summed E-state index contributed by atoms with van der Waals surface area (Å²) in [6.07, 6.45) is 0. The van der Waals surface area contributed by atoms with Crippen LogP contribution >= 0.6 is 0 Å². The molecule has 6 nitrogen and oxygen atoms in total. The molecule has 1 heterocycles. The zero-order valence-electron chi connectivity index (χ0n) is 15.2. The number of anilines is 2. The number of benzene rings is 2. The number of nitrogens with one attached hydrogen (secondary N) is 1. The predicted octanol–water partition coefficient (Wildman–Crippen LogP) is 2.51. The molecule has 0 atom stereocenters. The van der Waals surface area contributed by atoms with Crippen LogP contribution in [-0.2, 0) is 9.59 Å². The summed E-state index contributed by atoms with van der Waals surface area (Å²) >= 11 is 0. The number of piperazine rings is 1. The van der Waals surface area contributed by atoms with Gasteiger partial charge in [0.25, 0.3) is 5.91 Å². The zero-order chi connectivity index (χ0) is 19.2. The van der Waals surface area contributed by atoms with Crippen molar-refractivity contribution in [3.8, 4) is 5.75 Å². The maximum Gasteiger partial charge on any atom is 0.260 e. The highest BCUT2D eigenvalue weighted by Crippen LogP contribution is 2.24. The van der Waals surface area contributed by atoms with Crippen LogP contribution in [0.5, 0.6) is 5.75 Å². The third-order valence-corrected chi connectivity index (χ3v) is 4.37. The minimum atomic E-state index is -0.254. The largest absolute Gasteiger partial charge is 0.482 e. The number of hydrogen-bond acceptors (Lipinski definition) is 4. The van der Waals surface area contributed by atoms with Gasteiger partial charge in [-0.1, -0.05) is 24.3 Å². The molecule has 2 aromatic rings. The van der Waals surface area contributed by atoms with Gasteiger partial charge in [-0.25, -0.2) is 4.39 Å². The Kier molecular flexibility index (Phi) is 5.90.